The smallest absolute Gasteiger partial charge is 0.313 e. The van der Waals surface area contributed by atoms with E-state index in [9.17, 15) is 14.4 Å². The van der Waals surface area contributed by atoms with Crippen LogP contribution in [-0.4, -0.2) is 47.5 Å². The van der Waals surface area contributed by atoms with E-state index in [0.29, 0.717) is 6.54 Å². The number of thioether (sulfide) groups is 1. The van der Waals surface area contributed by atoms with E-state index in [1.807, 2.05) is 6.92 Å². The fourth-order valence-electron chi connectivity index (χ4n) is 0.883. The highest BCUT2D eigenvalue weighted by Crippen LogP contribution is 1.97. The van der Waals surface area contributed by atoms with Gasteiger partial charge in [-0.3, -0.25) is 14.4 Å². The Labute approximate surface area is 98.2 Å². The zero-order valence-corrected chi connectivity index (χ0v) is 9.93. The number of carboxylic acid groups (broad SMARTS) is 1. The van der Waals surface area contributed by atoms with Crippen molar-refractivity contribution in [1.82, 2.24) is 10.6 Å². The van der Waals surface area contributed by atoms with Crippen molar-refractivity contribution in [3.63, 3.8) is 0 Å². The summed E-state index contributed by atoms with van der Waals surface area (Å²) in [6.07, 6.45) is 0.239. The van der Waals surface area contributed by atoms with Crippen molar-refractivity contribution in [3.05, 3.63) is 0 Å². The third-order valence-corrected chi connectivity index (χ3v) is 2.42. The van der Waals surface area contributed by atoms with Gasteiger partial charge in [0.15, 0.2) is 0 Å². The van der Waals surface area contributed by atoms with Gasteiger partial charge in [0.05, 0.1) is 11.5 Å². The van der Waals surface area contributed by atoms with Crippen molar-refractivity contribution >= 4 is 29.5 Å². The van der Waals surface area contributed by atoms with Gasteiger partial charge < -0.3 is 15.7 Å². The molecule has 0 aromatic carbocycles. The van der Waals surface area contributed by atoms with Gasteiger partial charge in [0.1, 0.15) is 0 Å². The molecule has 0 bridgehead atoms. The minimum atomic E-state index is -0.944. The normalized spacial score (nSPS) is 9.56. The monoisotopic (exact) mass is 248 g/mol. The highest BCUT2D eigenvalue weighted by atomic mass is 32.2. The molecule has 0 unspecified atom stereocenters. The van der Waals surface area contributed by atoms with Crippen molar-refractivity contribution in [1.29, 1.82) is 0 Å². The maximum Gasteiger partial charge on any atom is 0.313 e. The molecule has 6 nitrogen and oxygen atoms in total. The average molecular weight is 248 g/mol. The molecule has 0 radical (unpaired) electrons. The Morgan fingerprint density at radius 2 is 1.81 bits per heavy atom. The number of rotatable bonds is 8. The standard InChI is InChI=1S/C9H16N2O4S/c1-2-10-7(12)3-4-11-8(13)5-16-6-9(14)15/h2-6H2,1H3,(H,10,12)(H,11,13)(H,14,15). The van der Waals surface area contributed by atoms with E-state index in [1.54, 1.807) is 0 Å². The predicted octanol–water partition coefficient (Wildman–Crippen LogP) is -0.553. The Bertz CT molecular complexity index is 258. The Morgan fingerprint density at radius 1 is 1.12 bits per heavy atom. The van der Waals surface area contributed by atoms with Crippen molar-refractivity contribution in [3.8, 4) is 0 Å². The highest BCUT2D eigenvalue weighted by Gasteiger charge is 2.04. The van der Waals surface area contributed by atoms with E-state index in [-0.39, 0.29) is 36.3 Å². The van der Waals surface area contributed by atoms with Crippen LogP contribution < -0.4 is 10.6 Å². The Morgan fingerprint density at radius 3 is 2.38 bits per heavy atom. The fourth-order valence-corrected chi connectivity index (χ4v) is 1.45. The van der Waals surface area contributed by atoms with Gasteiger partial charge in [-0.05, 0) is 6.92 Å². The second-order valence-electron chi connectivity index (χ2n) is 2.94. The van der Waals surface area contributed by atoms with Gasteiger partial charge in [-0.2, -0.15) is 0 Å². The number of carboxylic acids is 1. The zero-order valence-electron chi connectivity index (χ0n) is 9.12. The lowest BCUT2D eigenvalue weighted by Gasteiger charge is -2.04. The average Bonchev–Trinajstić information content (AvgIpc) is 2.17. The summed E-state index contributed by atoms with van der Waals surface area (Å²) in [7, 11) is 0. The van der Waals surface area contributed by atoms with E-state index in [4.69, 9.17) is 5.11 Å². The summed E-state index contributed by atoms with van der Waals surface area (Å²) >= 11 is 1.03. The number of carbonyl (C=O) groups is 3. The second kappa shape index (κ2) is 9.02. The topological polar surface area (TPSA) is 95.5 Å². The van der Waals surface area contributed by atoms with Gasteiger partial charge in [0, 0.05) is 19.5 Å². The minimum Gasteiger partial charge on any atom is -0.481 e. The summed E-state index contributed by atoms with van der Waals surface area (Å²) in [4.78, 5) is 32.2. The van der Waals surface area contributed by atoms with Crippen LogP contribution in [0.3, 0.4) is 0 Å². The molecular weight excluding hydrogens is 232 g/mol. The third kappa shape index (κ3) is 9.32. The van der Waals surface area contributed by atoms with Crippen LogP contribution >= 0.6 is 11.8 Å². The molecule has 0 aromatic heterocycles. The molecule has 2 amide bonds. The predicted molar refractivity (Wildman–Crippen MR) is 61.3 cm³/mol. The van der Waals surface area contributed by atoms with Crippen LogP contribution in [0, 0.1) is 0 Å². The molecule has 0 heterocycles. The summed E-state index contributed by atoms with van der Waals surface area (Å²) in [6.45, 7) is 2.67. The van der Waals surface area contributed by atoms with Crippen molar-refractivity contribution in [2.24, 2.45) is 0 Å². The van der Waals surface area contributed by atoms with Crippen LogP contribution in [0.4, 0.5) is 0 Å². The summed E-state index contributed by atoms with van der Waals surface area (Å²) in [5, 5.41) is 13.5. The van der Waals surface area contributed by atoms with E-state index in [0.717, 1.165) is 11.8 Å². The van der Waals surface area contributed by atoms with E-state index in [2.05, 4.69) is 10.6 Å². The molecule has 7 heteroatoms. The molecule has 0 spiro atoms. The van der Waals surface area contributed by atoms with E-state index >= 15 is 0 Å². The van der Waals surface area contributed by atoms with E-state index < -0.39 is 5.97 Å². The highest BCUT2D eigenvalue weighted by molar-refractivity contribution is 8.00. The number of aliphatic carboxylic acids is 1. The van der Waals surface area contributed by atoms with E-state index in [1.165, 1.54) is 0 Å². The van der Waals surface area contributed by atoms with Crippen LogP contribution in [0.25, 0.3) is 0 Å². The van der Waals surface area contributed by atoms with Gasteiger partial charge >= 0.3 is 5.97 Å². The molecule has 92 valence electrons. The number of carbonyl (C=O) groups excluding carboxylic acids is 2. The first-order valence-electron chi connectivity index (χ1n) is 4.89. The molecule has 16 heavy (non-hydrogen) atoms. The minimum absolute atomic E-state index is 0.0935. The first-order valence-corrected chi connectivity index (χ1v) is 6.04. The molecule has 0 aromatic rings. The van der Waals surface area contributed by atoms with Crippen LogP contribution in [-0.2, 0) is 14.4 Å². The van der Waals surface area contributed by atoms with Gasteiger partial charge in [-0.25, -0.2) is 0 Å². The molecule has 0 fully saturated rings. The van der Waals surface area contributed by atoms with Crippen molar-refractivity contribution in [2.75, 3.05) is 24.6 Å². The lowest BCUT2D eigenvalue weighted by molar-refractivity contribution is -0.134. The fraction of sp³-hybridized carbons (Fsp3) is 0.667. The van der Waals surface area contributed by atoms with Crippen molar-refractivity contribution in [2.45, 2.75) is 13.3 Å². The molecule has 0 saturated heterocycles. The lowest BCUT2D eigenvalue weighted by Crippen LogP contribution is -2.31. The Balaban J connectivity index is 3.43. The Hall–Kier alpha value is -1.24. The molecule has 0 aliphatic rings. The molecular formula is C9H16N2O4S. The first-order chi connectivity index (χ1) is 7.56. The van der Waals surface area contributed by atoms with Gasteiger partial charge in [-0.1, -0.05) is 0 Å². The van der Waals surface area contributed by atoms with Crippen LogP contribution in [0.1, 0.15) is 13.3 Å². The maximum atomic E-state index is 11.1. The number of hydrogen-bond acceptors (Lipinski definition) is 4. The Kier molecular flexibility index (Phi) is 8.32. The zero-order chi connectivity index (χ0) is 12.4. The molecule has 0 atom stereocenters. The number of hydrogen-bond donors (Lipinski definition) is 3. The number of amides is 2. The molecule has 0 saturated carbocycles. The van der Waals surface area contributed by atoms with Crippen molar-refractivity contribution < 1.29 is 19.5 Å². The summed E-state index contributed by atoms with van der Waals surface area (Å²) in [6, 6.07) is 0. The summed E-state index contributed by atoms with van der Waals surface area (Å²) < 4.78 is 0. The van der Waals surface area contributed by atoms with Crippen LogP contribution in [0.15, 0.2) is 0 Å². The largest absolute Gasteiger partial charge is 0.481 e. The first kappa shape index (κ1) is 14.8. The van der Waals surface area contributed by atoms with Gasteiger partial charge in [0.25, 0.3) is 0 Å². The lowest BCUT2D eigenvalue weighted by atomic mass is 10.4. The SMILES string of the molecule is CCNC(=O)CCNC(=O)CSCC(=O)O. The quantitative estimate of drug-likeness (QED) is 0.535. The molecule has 0 aliphatic carbocycles. The molecule has 0 aliphatic heterocycles. The van der Waals surface area contributed by atoms with Crippen LogP contribution in [0.5, 0.6) is 0 Å². The van der Waals surface area contributed by atoms with Crippen LogP contribution in [0.2, 0.25) is 0 Å². The summed E-state index contributed by atoms with van der Waals surface area (Å²) in [5.41, 5.74) is 0. The van der Waals surface area contributed by atoms with Gasteiger partial charge in [-0.15, -0.1) is 11.8 Å². The molecule has 0 rings (SSSR count). The second-order valence-corrected chi connectivity index (χ2v) is 3.93. The summed E-state index contributed by atoms with van der Waals surface area (Å²) in [5.74, 6) is -1.30. The van der Waals surface area contributed by atoms with Gasteiger partial charge in [0.2, 0.25) is 11.8 Å². The maximum absolute atomic E-state index is 11.1. The molecule has 3 N–H and O–H groups in total. The number of nitrogens with one attached hydrogen (secondary N) is 2. The third-order valence-electron chi connectivity index (χ3n) is 1.51.